The van der Waals surface area contributed by atoms with Gasteiger partial charge in [-0.1, -0.05) is 25.1 Å². The standard InChI is InChI=1S/C15H24N2O2/c1-4-11-16-14(15(18)19-3)10-12-17(2)13-8-6-5-7-9-13/h5-9,14,16H,4,10-12H2,1-3H3. The molecule has 1 unspecified atom stereocenters. The molecule has 0 heterocycles. The Labute approximate surface area is 115 Å². The maximum atomic E-state index is 11.7. The molecule has 0 radical (unpaired) electrons. The van der Waals surface area contributed by atoms with Crippen molar-refractivity contribution in [3.8, 4) is 0 Å². The van der Waals surface area contributed by atoms with Crippen LogP contribution in [0.4, 0.5) is 5.69 Å². The van der Waals surface area contributed by atoms with E-state index in [1.165, 1.54) is 7.11 Å². The molecule has 0 saturated heterocycles. The van der Waals surface area contributed by atoms with Gasteiger partial charge in [0, 0.05) is 19.3 Å². The summed E-state index contributed by atoms with van der Waals surface area (Å²) in [5, 5.41) is 3.23. The first-order chi connectivity index (χ1) is 9.19. The molecule has 1 atom stereocenters. The van der Waals surface area contributed by atoms with Crippen molar-refractivity contribution in [2.45, 2.75) is 25.8 Å². The molecule has 0 bridgehead atoms. The summed E-state index contributed by atoms with van der Waals surface area (Å²) < 4.78 is 4.83. The van der Waals surface area contributed by atoms with Crippen LogP contribution in [0.15, 0.2) is 30.3 Å². The summed E-state index contributed by atoms with van der Waals surface area (Å²) >= 11 is 0. The van der Waals surface area contributed by atoms with Gasteiger partial charge in [0.25, 0.3) is 0 Å². The molecule has 4 heteroatoms. The first-order valence-electron chi connectivity index (χ1n) is 6.76. The van der Waals surface area contributed by atoms with Crippen molar-refractivity contribution in [3.05, 3.63) is 30.3 Å². The Bertz CT molecular complexity index is 368. The molecule has 0 amide bonds. The molecule has 0 aromatic heterocycles. The van der Waals surface area contributed by atoms with E-state index in [0.717, 1.165) is 31.6 Å². The van der Waals surface area contributed by atoms with E-state index in [4.69, 9.17) is 4.74 Å². The van der Waals surface area contributed by atoms with Crippen LogP contribution in [-0.4, -0.2) is 39.3 Å². The van der Waals surface area contributed by atoms with Crippen LogP contribution in [0.3, 0.4) is 0 Å². The number of para-hydroxylation sites is 1. The molecule has 1 N–H and O–H groups in total. The first kappa shape index (κ1) is 15.5. The molecular formula is C15H24N2O2. The highest BCUT2D eigenvalue weighted by Gasteiger charge is 2.18. The highest BCUT2D eigenvalue weighted by atomic mass is 16.5. The summed E-state index contributed by atoms with van der Waals surface area (Å²) in [6, 6.07) is 9.92. The Morgan fingerprint density at radius 3 is 2.63 bits per heavy atom. The molecule has 0 spiro atoms. The van der Waals surface area contributed by atoms with Crippen molar-refractivity contribution in [1.29, 1.82) is 0 Å². The maximum absolute atomic E-state index is 11.7. The van der Waals surface area contributed by atoms with Gasteiger partial charge in [0.1, 0.15) is 6.04 Å². The van der Waals surface area contributed by atoms with Crippen molar-refractivity contribution >= 4 is 11.7 Å². The van der Waals surface area contributed by atoms with Crippen molar-refractivity contribution in [1.82, 2.24) is 5.32 Å². The lowest BCUT2D eigenvalue weighted by Crippen LogP contribution is -2.40. The maximum Gasteiger partial charge on any atom is 0.322 e. The summed E-state index contributed by atoms with van der Waals surface area (Å²) in [5.74, 6) is -0.185. The van der Waals surface area contributed by atoms with E-state index in [0.29, 0.717) is 0 Å². The third kappa shape index (κ3) is 5.30. The molecule has 19 heavy (non-hydrogen) atoms. The predicted molar refractivity (Wildman–Crippen MR) is 78.4 cm³/mol. The molecule has 0 aliphatic carbocycles. The van der Waals surface area contributed by atoms with E-state index >= 15 is 0 Å². The van der Waals surface area contributed by atoms with Gasteiger partial charge in [-0.15, -0.1) is 0 Å². The monoisotopic (exact) mass is 264 g/mol. The fraction of sp³-hybridized carbons (Fsp3) is 0.533. The van der Waals surface area contributed by atoms with E-state index in [9.17, 15) is 4.79 Å². The van der Waals surface area contributed by atoms with Gasteiger partial charge in [0.05, 0.1) is 7.11 Å². The summed E-state index contributed by atoms with van der Waals surface area (Å²) in [6.45, 7) is 3.72. The Morgan fingerprint density at radius 2 is 2.05 bits per heavy atom. The van der Waals surface area contributed by atoms with E-state index in [1.807, 2.05) is 25.2 Å². The largest absolute Gasteiger partial charge is 0.468 e. The Balaban J connectivity index is 2.48. The van der Waals surface area contributed by atoms with E-state index < -0.39 is 0 Å². The summed E-state index contributed by atoms with van der Waals surface area (Å²) in [5.41, 5.74) is 1.15. The predicted octanol–water partition coefficient (Wildman–Crippen LogP) is 2.05. The number of methoxy groups -OCH3 is 1. The second-order valence-corrected chi connectivity index (χ2v) is 4.58. The van der Waals surface area contributed by atoms with Gasteiger partial charge < -0.3 is 15.0 Å². The fourth-order valence-corrected chi connectivity index (χ4v) is 1.90. The van der Waals surface area contributed by atoms with Crippen LogP contribution in [0.1, 0.15) is 19.8 Å². The number of carbonyl (C=O) groups excluding carboxylic acids is 1. The summed E-state index contributed by atoms with van der Waals surface area (Å²) in [7, 11) is 3.47. The molecule has 0 saturated carbocycles. The zero-order valence-corrected chi connectivity index (χ0v) is 12.1. The third-order valence-corrected chi connectivity index (χ3v) is 3.08. The van der Waals surface area contributed by atoms with Gasteiger partial charge in [0.2, 0.25) is 0 Å². The topological polar surface area (TPSA) is 41.6 Å². The molecule has 0 aliphatic heterocycles. The number of nitrogens with zero attached hydrogens (tertiary/aromatic N) is 1. The zero-order chi connectivity index (χ0) is 14.1. The zero-order valence-electron chi connectivity index (χ0n) is 12.1. The van der Waals surface area contributed by atoms with Crippen LogP contribution < -0.4 is 10.2 Å². The Morgan fingerprint density at radius 1 is 1.37 bits per heavy atom. The smallest absolute Gasteiger partial charge is 0.322 e. The quantitative estimate of drug-likeness (QED) is 0.730. The van der Waals surface area contributed by atoms with Gasteiger partial charge in [0.15, 0.2) is 0 Å². The number of esters is 1. The van der Waals surface area contributed by atoms with Crippen LogP contribution in [-0.2, 0) is 9.53 Å². The van der Waals surface area contributed by atoms with E-state index in [1.54, 1.807) is 0 Å². The van der Waals surface area contributed by atoms with Gasteiger partial charge in [-0.25, -0.2) is 0 Å². The number of anilines is 1. The lowest BCUT2D eigenvalue weighted by atomic mass is 10.2. The van der Waals surface area contributed by atoms with Crippen LogP contribution in [0.2, 0.25) is 0 Å². The minimum atomic E-state index is -0.226. The Hall–Kier alpha value is -1.55. The van der Waals surface area contributed by atoms with Gasteiger partial charge >= 0.3 is 5.97 Å². The minimum Gasteiger partial charge on any atom is -0.468 e. The summed E-state index contributed by atoms with van der Waals surface area (Å²) in [4.78, 5) is 13.8. The average Bonchev–Trinajstić information content (AvgIpc) is 2.47. The number of rotatable bonds is 8. The van der Waals surface area contributed by atoms with Gasteiger partial charge in [-0.3, -0.25) is 4.79 Å². The van der Waals surface area contributed by atoms with Crippen LogP contribution in [0.5, 0.6) is 0 Å². The number of carbonyl (C=O) groups is 1. The average molecular weight is 264 g/mol. The molecule has 4 nitrogen and oxygen atoms in total. The molecule has 0 fully saturated rings. The molecule has 0 aliphatic rings. The summed E-state index contributed by atoms with van der Waals surface area (Å²) in [6.07, 6.45) is 1.74. The van der Waals surface area contributed by atoms with Crippen molar-refractivity contribution < 1.29 is 9.53 Å². The highest BCUT2D eigenvalue weighted by Crippen LogP contribution is 2.11. The SMILES string of the molecule is CCCNC(CCN(C)c1ccccc1)C(=O)OC. The van der Waals surface area contributed by atoms with Gasteiger partial charge in [-0.2, -0.15) is 0 Å². The molecule has 1 rings (SSSR count). The fourth-order valence-electron chi connectivity index (χ4n) is 1.90. The van der Waals surface area contributed by atoms with Crippen LogP contribution in [0.25, 0.3) is 0 Å². The highest BCUT2D eigenvalue weighted by molar-refractivity contribution is 5.75. The normalized spacial score (nSPS) is 11.9. The molecule has 106 valence electrons. The molecule has 1 aromatic carbocycles. The van der Waals surface area contributed by atoms with E-state index in [-0.39, 0.29) is 12.0 Å². The van der Waals surface area contributed by atoms with E-state index in [2.05, 4.69) is 29.3 Å². The number of hydrogen-bond acceptors (Lipinski definition) is 4. The number of nitrogens with one attached hydrogen (secondary N) is 1. The van der Waals surface area contributed by atoms with Crippen LogP contribution in [0, 0.1) is 0 Å². The lowest BCUT2D eigenvalue weighted by Gasteiger charge is -2.22. The second-order valence-electron chi connectivity index (χ2n) is 4.58. The molecular weight excluding hydrogens is 240 g/mol. The third-order valence-electron chi connectivity index (χ3n) is 3.08. The Kier molecular flexibility index (Phi) is 6.97. The number of hydrogen-bond donors (Lipinski definition) is 1. The minimum absolute atomic E-state index is 0.185. The second kappa shape index (κ2) is 8.53. The first-order valence-corrected chi connectivity index (χ1v) is 6.76. The number of benzene rings is 1. The molecule has 1 aromatic rings. The van der Waals surface area contributed by atoms with Gasteiger partial charge in [-0.05, 0) is 31.5 Å². The van der Waals surface area contributed by atoms with Crippen molar-refractivity contribution in [2.75, 3.05) is 32.1 Å². The van der Waals surface area contributed by atoms with Crippen molar-refractivity contribution in [3.63, 3.8) is 0 Å². The van der Waals surface area contributed by atoms with Crippen LogP contribution >= 0.6 is 0 Å². The lowest BCUT2D eigenvalue weighted by molar-refractivity contribution is -0.143. The van der Waals surface area contributed by atoms with Crippen molar-refractivity contribution in [2.24, 2.45) is 0 Å². The number of ether oxygens (including phenoxy) is 1.